The van der Waals surface area contributed by atoms with Gasteiger partial charge in [0.25, 0.3) is 0 Å². The second-order valence-corrected chi connectivity index (χ2v) is 9.39. The zero-order valence-corrected chi connectivity index (χ0v) is 16.5. The maximum Gasteiger partial charge on any atom is 0.341 e. The molecule has 2 aliphatic carbocycles. The summed E-state index contributed by atoms with van der Waals surface area (Å²) in [5.41, 5.74) is 11.6. The third-order valence-electron chi connectivity index (χ3n) is 7.79. The van der Waals surface area contributed by atoms with Crippen LogP contribution in [0.25, 0.3) is 10.9 Å². The Bertz CT molecular complexity index is 1210. The number of aromatic carboxylic acids is 1. The van der Waals surface area contributed by atoms with Crippen molar-refractivity contribution in [1.29, 1.82) is 0 Å². The number of anilines is 2. The second kappa shape index (κ2) is 5.46. The largest absolute Gasteiger partial charge is 0.487 e. The number of benzene rings is 1. The van der Waals surface area contributed by atoms with Gasteiger partial charge in [-0.3, -0.25) is 4.79 Å². The minimum atomic E-state index is -1.37. The Kier molecular flexibility index (Phi) is 3.27. The molecule has 1 aromatic heterocycles. The number of nitrogens with two attached hydrogens (primary N) is 2. The van der Waals surface area contributed by atoms with Crippen LogP contribution in [0.15, 0.2) is 11.0 Å². The van der Waals surface area contributed by atoms with Crippen LogP contribution in [0.1, 0.15) is 36.2 Å². The van der Waals surface area contributed by atoms with Gasteiger partial charge in [0, 0.05) is 24.8 Å². The summed E-state index contributed by atoms with van der Waals surface area (Å²) in [6, 6.07) is -0.228. The molecule has 2 aromatic rings. The van der Waals surface area contributed by atoms with Crippen molar-refractivity contribution in [2.75, 3.05) is 30.3 Å². The van der Waals surface area contributed by atoms with Gasteiger partial charge in [-0.2, -0.15) is 0 Å². The molecule has 1 aromatic carbocycles. The number of pyridine rings is 1. The molecule has 1 unspecified atom stereocenters. The first-order valence-electron chi connectivity index (χ1n) is 10.3. The fourth-order valence-corrected chi connectivity index (χ4v) is 6.16. The van der Waals surface area contributed by atoms with Crippen LogP contribution in [-0.2, 0) is 0 Å². The van der Waals surface area contributed by atoms with Crippen LogP contribution in [-0.4, -0.2) is 40.9 Å². The number of aromatic nitrogens is 1. The van der Waals surface area contributed by atoms with E-state index in [9.17, 15) is 14.7 Å². The summed E-state index contributed by atoms with van der Waals surface area (Å²) in [7, 11) is 0. The third-order valence-corrected chi connectivity index (χ3v) is 7.79. The molecule has 0 radical (unpaired) electrons. The van der Waals surface area contributed by atoms with Gasteiger partial charge in [-0.05, 0) is 37.5 Å². The number of rotatable bonds is 2. The first-order chi connectivity index (χ1) is 14.2. The average molecular weight is 414 g/mol. The second-order valence-electron chi connectivity index (χ2n) is 9.39. The maximum absolute atomic E-state index is 15.6. The minimum Gasteiger partial charge on any atom is -0.487 e. The molecule has 3 fully saturated rings. The lowest BCUT2D eigenvalue weighted by atomic mass is 9.92. The number of hydrogen-bond donors (Lipinski definition) is 3. The highest BCUT2D eigenvalue weighted by Gasteiger charge is 2.66. The van der Waals surface area contributed by atoms with E-state index in [4.69, 9.17) is 16.2 Å². The number of carboxylic acid groups (broad SMARTS) is 1. The number of hydrogen-bond acceptors (Lipinski definition) is 6. The number of nitrogen functional groups attached to an aromatic ring is 1. The van der Waals surface area contributed by atoms with Crippen molar-refractivity contribution in [2.45, 2.75) is 31.3 Å². The fraction of sp³-hybridized carbons (Fsp3) is 0.524. The highest BCUT2D eigenvalue weighted by molar-refractivity contribution is 6.03. The van der Waals surface area contributed by atoms with Crippen molar-refractivity contribution in [2.24, 2.45) is 23.5 Å². The molecule has 2 saturated carbocycles. The van der Waals surface area contributed by atoms with Crippen LogP contribution in [0.2, 0.25) is 0 Å². The Morgan fingerprint density at radius 2 is 2.17 bits per heavy atom. The van der Waals surface area contributed by atoms with Gasteiger partial charge in [0.05, 0.1) is 22.6 Å². The van der Waals surface area contributed by atoms with E-state index in [-0.39, 0.29) is 40.7 Å². The molecule has 30 heavy (non-hydrogen) atoms. The van der Waals surface area contributed by atoms with Gasteiger partial charge in [-0.15, -0.1) is 0 Å². The van der Waals surface area contributed by atoms with E-state index >= 15 is 4.39 Å². The number of carboxylic acids is 1. The minimum absolute atomic E-state index is 0.130. The smallest absolute Gasteiger partial charge is 0.341 e. The molecule has 5 N–H and O–H groups in total. The van der Waals surface area contributed by atoms with E-state index in [1.54, 1.807) is 4.57 Å². The van der Waals surface area contributed by atoms with Gasteiger partial charge >= 0.3 is 5.97 Å². The van der Waals surface area contributed by atoms with Crippen molar-refractivity contribution >= 4 is 28.2 Å². The van der Waals surface area contributed by atoms with Gasteiger partial charge in [-0.25, -0.2) is 9.18 Å². The number of carbonyl (C=O) groups is 1. The van der Waals surface area contributed by atoms with Crippen molar-refractivity contribution in [1.82, 2.24) is 4.57 Å². The number of fused-ring (bicyclic) bond motifs is 3. The average Bonchev–Trinajstić information content (AvgIpc) is 3.04. The van der Waals surface area contributed by atoms with Crippen molar-refractivity contribution in [3.63, 3.8) is 0 Å². The van der Waals surface area contributed by atoms with Gasteiger partial charge in [0.1, 0.15) is 17.9 Å². The highest BCUT2D eigenvalue weighted by atomic mass is 19.1. The molecule has 9 heteroatoms. The Labute approximate surface area is 171 Å². The molecule has 158 valence electrons. The number of nitrogens with zero attached hydrogens (tertiary/aromatic N) is 2. The van der Waals surface area contributed by atoms with Crippen LogP contribution >= 0.6 is 0 Å². The Hall–Kier alpha value is -2.81. The third kappa shape index (κ3) is 2.03. The van der Waals surface area contributed by atoms with Crippen LogP contribution in [0, 0.1) is 23.6 Å². The van der Waals surface area contributed by atoms with Crippen LogP contribution in [0.3, 0.4) is 0 Å². The fourth-order valence-electron chi connectivity index (χ4n) is 6.16. The number of ether oxygens (including phenoxy) is 1. The lowest BCUT2D eigenvalue weighted by Gasteiger charge is -2.32. The predicted octanol–water partition coefficient (Wildman–Crippen LogP) is 1.55. The normalized spacial score (nSPS) is 33.4. The van der Waals surface area contributed by atoms with E-state index in [2.05, 4.69) is 0 Å². The summed E-state index contributed by atoms with van der Waals surface area (Å²) in [6.45, 7) is 3.39. The molecule has 2 aliphatic heterocycles. The van der Waals surface area contributed by atoms with Crippen molar-refractivity contribution in [3.05, 3.63) is 27.8 Å². The molecule has 5 atom stereocenters. The predicted molar refractivity (Wildman–Crippen MR) is 109 cm³/mol. The van der Waals surface area contributed by atoms with Crippen molar-refractivity contribution in [3.8, 4) is 5.75 Å². The van der Waals surface area contributed by atoms with E-state index in [0.29, 0.717) is 36.4 Å². The van der Waals surface area contributed by atoms with Gasteiger partial charge < -0.3 is 30.8 Å². The molecule has 4 aliphatic rings. The summed E-state index contributed by atoms with van der Waals surface area (Å²) in [5.74, 6) is -0.522. The molecule has 6 rings (SSSR count). The Morgan fingerprint density at radius 1 is 1.40 bits per heavy atom. The van der Waals surface area contributed by atoms with Crippen molar-refractivity contribution < 1.29 is 19.0 Å². The molecule has 0 bridgehead atoms. The van der Waals surface area contributed by atoms with E-state index < -0.39 is 22.8 Å². The summed E-state index contributed by atoms with van der Waals surface area (Å²) in [6.07, 6.45) is 3.40. The molecule has 3 heterocycles. The van der Waals surface area contributed by atoms with E-state index in [1.807, 2.05) is 11.8 Å². The maximum atomic E-state index is 15.6. The summed E-state index contributed by atoms with van der Waals surface area (Å²) >= 11 is 0. The molecule has 0 spiro atoms. The first kappa shape index (κ1) is 18.0. The molecular weight excluding hydrogens is 391 g/mol. The monoisotopic (exact) mass is 414 g/mol. The zero-order chi connectivity index (χ0) is 21.1. The SMILES string of the molecule is C[C@H]1COc2c(N3C[C@H]4CC5C[C@]5(N)[C@H]4C3)c(F)c(N)c3c(=O)c(C(=O)O)cn1c23. The van der Waals surface area contributed by atoms with Gasteiger partial charge in [0.2, 0.25) is 5.43 Å². The summed E-state index contributed by atoms with van der Waals surface area (Å²) in [5, 5.41) is 9.32. The Morgan fingerprint density at radius 3 is 2.87 bits per heavy atom. The van der Waals surface area contributed by atoms with Crippen LogP contribution < -0.4 is 26.5 Å². The molecule has 0 amide bonds. The molecular formula is C21H23FN4O4. The Balaban J connectivity index is 1.59. The van der Waals surface area contributed by atoms with E-state index in [0.717, 1.165) is 12.8 Å². The highest BCUT2D eigenvalue weighted by Crippen LogP contribution is 2.62. The first-order valence-corrected chi connectivity index (χ1v) is 10.3. The molecule has 8 nitrogen and oxygen atoms in total. The summed E-state index contributed by atoms with van der Waals surface area (Å²) in [4.78, 5) is 26.4. The lowest BCUT2D eigenvalue weighted by molar-refractivity contribution is 0.0694. The van der Waals surface area contributed by atoms with E-state index in [1.165, 1.54) is 6.20 Å². The van der Waals surface area contributed by atoms with Gasteiger partial charge in [-0.1, -0.05) is 0 Å². The standard InChI is InChI=1S/C21H23FN4O4/c1-8-7-30-19-16-13(18(27)11(20(28)29)5-26(8)16)15(23)14(22)17(19)25-4-9-2-10-3-21(10,24)12(9)6-25/h5,8-10,12H,2-4,6-7,23-24H2,1H3,(H,28,29)/t8-,9+,10?,12-,21+/m0/s1. The summed E-state index contributed by atoms with van der Waals surface area (Å²) < 4.78 is 23.2. The molecule has 1 saturated heterocycles. The topological polar surface area (TPSA) is 124 Å². The quantitative estimate of drug-likeness (QED) is 0.637. The zero-order valence-electron chi connectivity index (χ0n) is 16.5. The van der Waals surface area contributed by atoms with Crippen LogP contribution in [0.5, 0.6) is 5.75 Å². The number of halogens is 1. The lowest BCUT2D eigenvalue weighted by Crippen LogP contribution is -2.36. The van der Waals surface area contributed by atoms with Gasteiger partial charge in [0.15, 0.2) is 11.6 Å². The van der Waals surface area contributed by atoms with Crippen LogP contribution in [0.4, 0.5) is 15.8 Å².